The molecule has 0 saturated carbocycles. The zero-order valence-electron chi connectivity index (χ0n) is 19.3. The molecule has 1 N–H and O–H groups in total. The van der Waals surface area contributed by atoms with Crippen LogP contribution in [0.25, 0.3) is 10.6 Å². The lowest BCUT2D eigenvalue weighted by Crippen LogP contribution is -2.43. The van der Waals surface area contributed by atoms with Crippen LogP contribution in [0.15, 0.2) is 48.5 Å². The van der Waals surface area contributed by atoms with Gasteiger partial charge in [-0.25, -0.2) is 4.39 Å². The standard InChI is InChI=1S/C26H29FN4O2S/c1-2-3-4-5-7-18-9-11-20(12-10-18)25(33)31-17-6-8-22(31)23(32)28-26-30-29-24(34-26)19-13-15-21(27)16-14-19/h9-16,22H,2-8,17H2,1H3,(H,28,30,32). The Morgan fingerprint density at radius 1 is 1.06 bits per heavy atom. The van der Waals surface area contributed by atoms with Crippen LogP contribution in [0.2, 0.25) is 0 Å². The third-order valence-corrected chi connectivity index (χ3v) is 6.97. The Hall–Kier alpha value is -3.13. The van der Waals surface area contributed by atoms with Crippen molar-refractivity contribution < 1.29 is 14.0 Å². The minimum absolute atomic E-state index is 0.126. The molecule has 3 aromatic rings. The molecule has 2 heterocycles. The quantitative estimate of drug-likeness (QED) is 0.398. The topological polar surface area (TPSA) is 75.2 Å². The Morgan fingerprint density at radius 3 is 2.56 bits per heavy atom. The molecular formula is C26H29FN4O2S. The number of anilines is 1. The summed E-state index contributed by atoms with van der Waals surface area (Å²) in [4.78, 5) is 27.7. The van der Waals surface area contributed by atoms with E-state index in [9.17, 15) is 14.0 Å². The Labute approximate surface area is 203 Å². The SMILES string of the molecule is CCCCCCc1ccc(C(=O)N2CCCC2C(=O)Nc2nnc(-c3ccc(F)cc3)s2)cc1. The van der Waals surface area contributed by atoms with Crippen LogP contribution in [0.4, 0.5) is 9.52 Å². The molecule has 1 aromatic heterocycles. The van der Waals surface area contributed by atoms with Crippen molar-refractivity contribution in [2.45, 2.75) is 57.9 Å². The number of nitrogens with zero attached hydrogens (tertiary/aromatic N) is 3. The molecule has 8 heteroatoms. The van der Waals surface area contributed by atoms with E-state index >= 15 is 0 Å². The van der Waals surface area contributed by atoms with Crippen LogP contribution < -0.4 is 5.32 Å². The number of carbonyl (C=O) groups is 2. The van der Waals surface area contributed by atoms with Gasteiger partial charge in [0.1, 0.15) is 16.9 Å². The molecule has 2 aromatic carbocycles. The van der Waals surface area contributed by atoms with Crippen molar-refractivity contribution in [3.05, 3.63) is 65.5 Å². The summed E-state index contributed by atoms with van der Waals surface area (Å²) in [7, 11) is 0. The van der Waals surface area contributed by atoms with Crippen molar-refractivity contribution in [2.24, 2.45) is 0 Å². The monoisotopic (exact) mass is 480 g/mol. The number of benzene rings is 2. The smallest absolute Gasteiger partial charge is 0.254 e. The first-order chi connectivity index (χ1) is 16.5. The van der Waals surface area contributed by atoms with Crippen molar-refractivity contribution in [3.8, 4) is 10.6 Å². The van der Waals surface area contributed by atoms with Crippen LogP contribution in [0.3, 0.4) is 0 Å². The lowest BCUT2D eigenvalue weighted by atomic mass is 10.0. The number of rotatable bonds is 9. The van der Waals surface area contributed by atoms with Crippen molar-refractivity contribution >= 4 is 28.3 Å². The van der Waals surface area contributed by atoms with E-state index in [-0.39, 0.29) is 17.6 Å². The van der Waals surface area contributed by atoms with Gasteiger partial charge in [0.15, 0.2) is 0 Å². The molecule has 0 bridgehead atoms. The highest BCUT2D eigenvalue weighted by Gasteiger charge is 2.35. The van der Waals surface area contributed by atoms with E-state index < -0.39 is 6.04 Å². The number of hydrogen-bond donors (Lipinski definition) is 1. The van der Waals surface area contributed by atoms with Gasteiger partial charge in [0, 0.05) is 17.7 Å². The summed E-state index contributed by atoms with van der Waals surface area (Å²) >= 11 is 1.22. The summed E-state index contributed by atoms with van der Waals surface area (Å²) in [5, 5.41) is 11.9. The van der Waals surface area contributed by atoms with Crippen LogP contribution in [-0.2, 0) is 11.2 Å². The first kappa shape index (κ1) is 24.0. The third kappa shape index (κ3) is 5.86. The van der Waals surface area contributed by atoms with Gasteiger partial charge in [-0.15, -0.1) is 10.2 Å². The van der Waals surface area contributed by atoms with E-state index in [1.54, 1.807) is 17.0 Å². The van der Waals surface area contributed by atoms with Crippen LogP contribution in [0, 0.1) is 5.82 Å². The second-order valence-corrected chi connectivity index (χ2v) is 9.55. The number of amides is 2. The predicted octanol–water partition coefficient (Wildman–Crippen LogP) is 5.71. The van der Waals surface area contributed by atoms with E-state index in [0.717, 1.165) is 24.8 Å². The van der Waals surface area contributed by atoms with Crippen LogP contribution in [0.5, 0.6) is 0 Å². The number of aryl methyl sites for hydroxylation is 1. The fourth-order valence-electron chi connectivity index (χ4n) is 4.19. The van der Waals surface area contributed by atoms with Gasteiger partial charge in [-0.2, -0.15) is 0 Å². The van der Waals surface area contributed by atoms with Crippen LogP contribution in [-0.4, -0.2) is 39.5 Å². The summed E-state index contributed by atoms with van der Waals surface area (Å²) in [6, 6.07) is 13.2. The van der Waals surface area contributed by atoms with E-state index in [2.05, 4.69) is 22.4 Å². The molecule has 1 aliphatic rings. The molecular weight excluding hydrogens is 451 g/mol. The van der Waals surface area contributed by atoms with E-state index in [1.807, 2.05) is 24.3 Å². The number of hydrogen-bond acceptors (Lipinski definition) is 5. The summed E-state index contributed by atoms with van der Waals surface area (Å²) in [6.45, 7) is 2.75. The average Bonchev–Trinajstić information content (AvgIpc) is 3.52. The molecule has 34 heavy (non-hydrogen) atoms. The first-order valence-electron chi connectivity index (χ1n) is 11.9. The van der Waals surface area contributed by atoms with E-state index in [4.69, 9.17) is 0 Å². The number of nitrogens with one attached hydrogen (secondary N) is 1. The molecule has 1 aliphatic heterocycles. The maximum atomic E-state index is 13.2. The summed E-state index contributed by atoms with van der Waals surface area (Å²) < 4.78 is 13.2. The van der Waals surface area contributed by atoms with Crippen molar-refractivity contribution in [2.75, 3.05) is 11.9 Å². The van der Waals surface area contributed by atoms with Crippen LogP contribution >= 0.6 is 11.3 Å². The second kappa shape index (κ2) is 11.3. The third-order valence-electron chi connectivity index (χ3n) is 6.08. The van der Waals surface area contributed by atoms with Gasteiger partial charge < -0.3 is 4.90 Å². The normalized spacial score (nSPS) is 15.5. The van der Waals surface area contributed by atoms with E-state index in [0.29, 0.717) is 28.7 Å². The van der Waals surface area contributed by atoms with Gasteiger partial charge in [-0.3, -0.25) is 14.9 Å². The van der Waals surface area contributed by atoms with Gasteiger partial charge in [0.05, 0.1) is 0 Å². The molecule has 1 unspecified atom stereocenters. The molecule has 4 rings (SSSR count). The zero-order valence-corrected chi connectivity index (χ0v) is 20.1. The number of halogens is 1. The molecule has 2 amide bonds. The molecule has 0 radical (unpaired) electrons. The Bertz CT molecular complexity index is 1110. The second-order valence-electron chi connectivity index (χ2n) is 8.57. The maximum absolute atomic E-state index is 13.2. The van der Waals surface area contributed by atoms with Gasteiger partial charge in [-0.1, -0.05) is 49.7 Å². The molecule has 0 spiro atoms. The lowest BCUT2D eigenvalue weighted by Gasteiger charge is -2.23. The lowest BCUT2D eigenvalue weighted by molar-refractivity contribution is -0.119. The summed E-state index contributed by atoms with van der Waals surface area (Å²) in [6.07, 6.45) is 7.25. The van der Waals surface area contributed by atoms with Crippen molar-refractivity contribution in [1.29, 1.82) is 0 Å². The van der Waals surface area contributed by atoms with Crippen LogP contribution in [0.1, 0.15) is 61.4 Å². The Balaban J connectivity index is 1.36. The van der Waals surface area contributed by atoms with Crippen molar-refractivity contribution in [3.63, 3.8) is 0 Å². The number of likely N-dealkylation sites (tertiary alicyclic amines) is 1. The molecule has 6 nitrogen and oxygen atoms in total. The minimum atomic E-state index is -0.542. The number of aromatic nitrogens is 2. The fourth-order valence-corrected chi connectivity index (χ4v) is 4.94. The van der Waals surface area contributed by atoms with E-state index in [1.165, 1.54) is 48.3 Å². The molecule has 1 atom stereocenters. The highest BCUT2D eigenvalue weighted by atomic mass is 32.1. The molecule has 1 saturated heterocycles. The van der Waals surface area contributed by atoms with Crippen molar-refractivity contribution in [1.82, 2.24) is 15.1 Å². The number of unbranched alkanes of at least 4 members (excludes halogenated alkanes) is 3. The summed E-state index contributed by atoms with van der Waals surface area (Å²) in [5.74, 6) is -0.714. The van der Waals surface area contributed by atoms with Gasteiger partial charge in [0.25, 0.3) is 5.91 Å². The molecule has 0 aliphatic carbocycles. The van der Waals surface area contributed by atoms with Gasteiger partial charge in [0.2, 0.25) is 11.0 Å². The van der Waals surface area contributed by atoms with Gasteiger partial charge >= 0.3 is 0 Å². The Kier molecular flexibility index (Phi) is 8.00. The average molecular weight is 481 g/mol. The highest BCUT2D eigenvalue weighted by molar-refractivity contribution is 7.18. The first-order valence-corrected chi connectivity index (χ1v) is 12.7. The minimum Gasteiger partial charge on any atom is -0.327 e. The highest BCUT2D eigenvalue weighted by Crippen LogP contribution is 2.28. The molecule has 178 valence electrons. The summed E-state index contributed by atoms with van der Waals surface area (Å²) in [5.41, 5.74) is 2.56. The zero-order chi connectivity index (χ0) is 23.9. The molecule has 1 fully saturated rings. The largest absolute Gasteiger partial charge is 0.327 e. The maximum Gasteiger partial charge on any atom is 0.254 e. The van der Waals surface area contributed by atoms with Gasteiger partial charge in [-0.05, 0) is 67.6 Å². The fraction of sp³-hybridized carbons (Fsp3) is 0.385. The predicted molar refractivity (Wildman–Crippen MR) is 132 cm³/mol. The number of carbonyl (C=O) groups excluding carboxylic acids is 2. The Morgan fingerprint density at radius 2 is 1.82 bits per heavy atom.